The van der Waals surface area contributed by atoms with E-state index in [2.05, 4.69) is 4.98 Å². The zero-order valence-electron chi connectivity index (χ0n) is 12.1. The molecule has 0 aliphatic heterocycles. The van der Waals surface area contributed by atoms with Gasteiger partial charge in [-0.05, 0) is 31.7 Å². The first-order valence-electron chi connectivity index (χ1n) is 6.64. The van der Waals surface area contributed by atoms with Crippen molar-refractivity contribution >= 4 is 28.8 Å². The van der Waals surface area contributed by atoms with Crippen molar-refractivity contribution in [3.05, 3.63) is 29.6 Å². The first-order valence-corrected chi connectivity index (χ1v) is 7.62. The number of aryl methyl sites for hydroxylation is 1. The van der Waals surface area contributed by atoms with E-state index in [1.165, 1.54) is 23.9 Å². The van der Waals surface area contributed by atoms with Crippen molar-refractivity contribution in [3.63, 3.8) is 0 Å². The van der Waals surface area contributed by atoms with E-state index in [0.29, 0.717) is 16.3 Å². The second-order valence-electron chi connectivity index (χ2n) is 4.25. The van der Waals surface area contributed by atoms with Crippen LogP contribution in [-0.2, 0) is 4.74 Å². The fourth-order valence-corrected chi connectivity index (χ4v) is 2.70. The molecule has 0 radical (unpaired) electrons. The van der Waals surface area contributed by atoms with Gasteiger partial charge < -0.3 is 9.47 Å². The first-order chi connectivity index (χ1) is 10.1. The van der Waals surface area contributed by atoms with Crippen LogP contribution >= 0.6 is 11.8 Å². The van der Waals surface area contributed by atoms with Gasteiger partial charge in [0.25, 0.3) is 0 Å². The third kappa shape index (κ3) is 3.44. The Bertz CT molecular complexity index is 676. The highest BCUT2D eigenvalue weighted by atomic mass is 32.2. The molecular weight excluding hydrogens is 293 g/mol. The third-order valence-corrected chi connectivity index (χ3v) is 3.69. The summed E-state index contributed by atoms with van der Waals surface area (Å²) in [5, 5.41) is 1.30. The average Bonchev–Trinajstić information content (AvgIpc) is 2.43. The van der Waals surface area contributed by atoms with Gasteiger partial charge in [-0.1, -0.05) is 6.92 Å². The van der Waals surface area contributed by atoms with Crippen LogP contribution in [0.1, 0.15) is 19.4 Å². The lowest BCUT2D eigenvalue weighted by molar-refractivity contribution is 0.103. The molecule has 0 atom stereocenters. The van der Waals surface area contributed by atoms with Gasteiger partial charge in [0.2, 0.25) is 0 Å². The van der Waals surface area contributed by atoms with Crippen LogP contribution in [0.3, 0.4) is 0 Å². The van der Waals surface area contributed by atoms with Gasteiger partial charge in [-0.15, -0.1) is 11.8 Å². The highest BCUT2D eigenvalue weighted by Crippen LogP contribution is 2.35. The number of rotatable bonds is 4. The van der Waals surface area contributed by atoms with Crippen molar-refractivity contribution in [1.29, 1.82) is 0 Å². The molecule has 112 valence electrons. The summed E-state index contributed by atoms with van der Waals surface area (Å²) in [6, 6.07) is 4.36. The molecule has 4 nitrogen and oxygen atoms in total. The topological polar surface area (TPSA) is 48.4 Å². The normalized spacial score (nSPS) is 10.7. The lowest BCUT2D eigenvalue weighted by Gasteiger charge is -2.13. The highest BCUT2D eigenvalue weighted by molar-refractivity contribution is 7.99. The number of hydrogen-bond acceptors (Lipinski definition) is 5. The third-order valence-electron chi connectivity index (χ3n) is 2.85. The van der Waals surface area contributed by atoms with E-state index in [1.54, 1.807) is 13.0 Å². The van der Waals surface area contributed by atoms with E-state index in [9.17, 15) is 9.18 Å². The zero-order chi connectivity index (χ0) is 15.4. The number of thioether (sulfide) groups is 1. The Balaban J connectivity index is 2.55. The summed E-state index contributed by atoms with van der Waals surface area (Å²) in [6.45, 7) is 5.72. The van der Waals surface area contributed by atoms with Crippen LogP contribution in [0.25, 0.3) is 10.9 Å². The predicted octanol–water partition coefficient (Wildman–Crippen LogP) is 4.33. The quantitative estimate of drug-likeness (QED) is 0.621. The fraction of sp³-hybridized carbons (Fsp3) is 0.333. The van der Waals surface area contributed by atoms with E-state index in [1.807, 2.05) is 13.8 Å². The minimum atomic E-state index is -0.762. The molecule has 1 aromatic heterocycles. The summed E-state index contributed by atoms with van der Waals surface area (Å²) < 4.78 is 23.4. The molecule has 2 rings (SSSR count). The Hall–Kier alpha value is -1.82. The van der Waals surface area contributed by atoms with Crippen LogP contribution in [0.2, 0.25) is 0 Å². The zero-order valence-corrected chi connectivity index (χ0v) is 12.9. The van der Waals surface area contributed by atoms with Crippen molar-refractivity contribution < 1.29 is 18.7 Å². The van der Waals surface area contributed by atoms with Crippen molar-refractivity contribution in [2.24, 2.45) is 0 Å². The Morgan fingerprint density at radius 1 is 1.38 bits per heavy atom. The van der Waals surface area contributed by atoms with Crippen LogP contribution in [0.15, 0.2) is 23.2 Å². The number of aromatic nitrogens is 1. The lowest BCUT2D eigenvalue weighted by atomic mass is 10.1. The summed E-state index contributed by atoms with van der Waals surface area (Å²) in [5.41, 5.74) is 1.28. The van der Waals surface area contributed by atoms with Crippen molar-refractivity contribution in [1.82, 2.24) is 4.98 Å². The van der Waals surface area contributed by atoms with Crippen LogP contribution < -0.4 is 4.74 Å². The molecule has 0 bridgehead atoms. The second kappa shape index (κ2) is 6.76. The molecule has 0 N–H and O–H groups in total. The van der Waals surface area contributed by atoms with Gasteiger partial charge in [0.15, 0.2) is 5.75 Å². The predicted molar refractivity (Wildman–Crippen MR) is 80.5 cm³/mol. The van der Waals surface area contributed by atoms with Crippen molar-refractivity contribution in [2.45, 2.75) is 25.8 Å². The Morgan fingerprint density at radius 2 is 2.14 bits per heavy atom. The van der Waals surface area contributed by atoms with Gasteiger partial charge in [0.1, 0.15) is 10.8 Å². The Kier molecular flexibility index (Phi) is 5.01. The molecule has 0 unspecified atom stereocenters. The number of halogens is 1. The van der Waals surface area contributed by atoms with E-state index >= 15 is 0 Å². The Morgan fingerprint density at radius 3 is 2.81 bits per heavy atom. The standard InChI is InChI=1S/C15H16FNO3S/c1-4-19-15(18)20-13-9(3)11-7-6-10(16)8-12(11)17-14(13)21-5-2/h6-8H,4-5H2,1-3H3. The molecule has 2 aromatic rings. The summed E-state index contributed by atoms with van der Waals surface area (Å²) in [7, 11) is 0. The van der Waals surface area contributed by atoms with Crippen LogP contribution in [-0.4, -0.2) is 23.5 Å². The second-order valence-corrected chi connectivity index (χ2v) is 5.50. The molecule has 0 saturated heterocycles. The van der Waals surface area contributed by atoms with Gasteiger partial charge in [-0.3, -0.25) is 0 Å². The minimum absolute atomic E-state index is 0.236. The largest absolute Gasteiger partial charge is 0.513 e. The maximum Gasteiger partial charge on any atom is 0.513 e. The van der Waals surface area contributed by atoms with Crippen molar-refractivity contribution in [3.8, 4) is 5.75 Å². The van der Waals surface area contributed by atoms with E-state index < -0.39 is 6.16 Å². The monoisotopic (exact) mass is 309 g/mol. The lowest BCUT2D eigenvalue weighted by Crippen LogP contribution is -2.12. The van der Waals surface area contributed by atoms with Gasteiger partial charge in [0, 0.05) is 17.0 Å². The Labute approximate surface area is 126 Å². The SMILES string of the molecule is CCOC(=O)Oc1c(SCC)nc2cc(F)ccc2c1C. The molecule has 0 aliphatic rings. The molecule has 1 aromatic carbocycles. The number of fused-ring (bicyclic) bond motifs is 1. The number of nitrogens with zero attached hydrogens (tertiary/aromatic N) is 1. The van der Waals surface area contributed by atoms with Gasteiger partial charge in [-0.2, -0.15) is 0 Å². The number of ether oxygens (including phenoxy) is 2. The average molecular weight is 309 g/mol. The summed E-state index contributed by atoms with van der Waals surface area (Å²) in [6.07, 6.45) is -0.762. The number of carbonyl (C=O) groups is 1. The maximum absolute atomic E-state index is 13.3. The smallest absolute Gasteiger partial charge is 0.434 e. The molecule has 0 saturated carbocycles. The van der Waals surface area contributed by atoms with Crippen LogP contribution in [0.4, 0.5) is 9.18 Å². The molecule has 21 heavy (non-hydrogen) atoms. The molecule has 0 spiro atoms. The summed E-state index contributed by atoms with van der Waals surface area (Å²) >= 11 is 1.43. The number of carbonyl (C=O) groups excluding carboxylic acids is 1. The van der Waals surface area contributed by atoms with E-state index in [0.717, 1.165) is 16.7 Å². The molecule has 0 fully saturated rings. The maximum atomic E-state index is 13.3. The molecule has 0 amide bonds. The van der Waals surface area contributed by atoms with Crippen LogP contribution in [0.5, 0.6) is 5.75 Å². The summed E-state index contributed by atoms with van der Waals surface area (Å²) in [4.78, 5) is 16.0. The fourth-order valence-electron chi connectivity index (χ4n) is 1.94. The van der Waals surface area contributed by atoms with Crippen molar-refractivity contribution in [2.75, 3.05) is 12.4 Å². The highest BCUT2D eigenvalue weighted by Gasteiger charge is 2.17. The minimum Gasteiger partial charge on any atom is -0.434 e. The van der Waals surface area contributed by atoms with E-state index in [4.69, 9.17) is 9.47 Å². The molecule has 0 aliphatic carbocycles. The molecule has 1 heterocycles. The number of hydrogen-bond donors (Lipinski definition) is 0. The van der Waals surface area contributed by atoms with Gasteiger partial charge in [0.05, 0.1) is 12.1 Å². The van der Waals surface area contributed by atoms with Gasteiger partial charge >= 0.3 is 6.16 Å². The number of pyridine rings is 1. The molecular formula is C15H16FNO3S. The summed E-state index contributed by atoms with van der Waals surface area (Å²) in [5.74, 6) is 0.784. The number of benzene rings is 1. The van der Waals surface area contributed by atoms with Crippen LogP contribution in [0, 0.1) is 12.7 Å². The van der Waals surface area contributed by atoms with Gasteiger partial charge in [-0.25, -0.2) is 14.2 Å². The first kappa shape index (κ1) is 15.6. The molecule has 6 heteroatoms. The van der Waals surface area contributed by atoms with E-state index in [-0.39, 0.29) is 12.4 Å².